The van der Waals surface area contributed by atoms with E-state index in [1.54, 1.807) is 13.3 Å². The van der Waals surface area contributed by atoms with Gasteiger partial charge in [-0.25, -0.2) is 0 Å². The molecule has 1 rings (SSSR count). The molecule has 0 aliphatic rings. The predicted octanol–water partition coefficient (Wildman–Crippen LogP) is 1.85. The molecule has 1 unspecified atom stereocenters. The third-order valence-corrected chi connectivity index (χ3v) is 3.58. The zero-order valence-corrected chi connectivity index (χ0v) is 14.0. The zero-order valence-electron chi connectivity index (χ0n) is 10.9. The average molecular weight is 395 g/mol. The van der Waals surface area contributed by atoms with Crippen LogP contribution in [0.3, 0.4) is 0 Å². The zero-order chi connectivity index (χ0) is 14.3. The minimum atomic E-state index is -0.283. The minimum Gasteiger partial charge on any atom is -0.383 e. The summed E-state index contributed by atoms with van der Waals surface area (Å²) in [6.07, 6.45) is 1.73. The first-order chi connectivity index (χ1) is 9.04. The molecule has 0 bridgehead atoms. The first-order valence-corrected chi connectivity index (χ1v) is 7.43. The normalized spacial score (nSPS) is 12.2. The van der Waals surface area contributed by atoms with Crippen molar-refractivity contribution >= 4 is 37.8 Å². The van der Waals surface area contributed by atoms with Crippen LogP contribution in [0.4, 0.5) is 0 Å². The number of amides is 1. The van der Waals surface area contributed by atoms with E-state index in [2.05, 4.69) is 47.5 Å². The number of carbonyl (C=O) groups is 1. The molecule has 0 saturated carbocycles. The summed E-state index contributed by atoms with van der Waals surface area (Å²) in [6, 6.07) is 1.64. The van der Waals surface area contributed by atoms with Gasteiger partial charge in [-0.3, -0.25) is 9.78 Å². The Bertz CT molecular complexity index is 429. The number of nitrogens with one attached hydrogen (secondary N) is 2. The number of methoxy groups -OCH3 is 1. The number of carbonyl (C=O) groups excluding carboxylic acids is 1. The Labute approximate surface area is 129 Å². The Morgan fingerprint density at radius 1 is 1.53 bits per heavy atom. The lowest BCUT2D eigenvalue weighted by Gasteiger charge is -2.14. The summed E-state index contributed by atoms with van der Waals surface area (Å²) in [6.45, 7) is 3.36. The maximum absolute atomic E-state index is 11.7. The molecule has 7 heteroatoms. The second-order valence-corrected chi connectivity index (χ2v) is 5.74. The summed E-state index contributed by atoms with van der Waals surface area (Å²) in [4.78, 5) is 16.0. The topological polar surface area (TPSA) is 63.2 Å². The van der Waals surface area contributed by atoms with Crippen LogP contribution in [0.1, 0.15) is 12.6 Å². The van der Waals surface area contributed by atoms with Gasteiger partial charge in [-0.05, 0) is 44.8 Å². The molecular weight excluding hydrogens is 378 g/mol. The van der Waals surface area contributed by atoms with Crippen molar-refractivity contribution in [1.29, 1.82) is 0 Å². The molecule has 2 N–H and O–H groups in total. The van der Waals surface area contributed by atoms with E-state index in [1.165, 1.54) is 0 Å². The van der Waals surface area contributed by atoms with Gasteiger partial charge in [0.05, 0.1) is 18.3 Å². The van der Waals surface area contributed by atoms with Gasteiger partial charge in [0.1, 0.15) is 0 Å². The SMILES string of the molecule is COCCNC(=O)C(C)NCc1ncc(Br)cc1Br. The average Bonchev–Trinajstić information content (AvgIpc) is 2.37. The number of aromatic nitrogens is 1. The summed E-state index contributed by atoms with van der Waals surface area (Å²) in [5.41, 5.74) is 0.861. The van der Waals surface area contributed by atoms with Gasteiger partial charge in [-0.2, -0.15) is 0 Å². The Kier molecular flexibility index (Phi) is 7.52. The van der Waals surface area contributed by atoms with Gasteiger partial charge in [0.2, 0.25) is 5.91 Å². The molecule has 0 spiro atoms. The van der Waals surface area contributed by atoms with Crippen molar-refractivity contribution in [2.24, 2.45) is 0 Å². The fourth-order valence-electron chi connectivity index (χ4n) is 1.34. The van der Waals surface area contributed by atoms with Crippen molar-refractivity contribution < 1.29 is 9.53 Å². The molecule has 5 nitrogen and oxygen atoms in total. The molecule has 0 saturated heterocycles. The van der Waals surface area contributed by atoms with Crippen LogP contribution in [-0.2, 0) is 16.1 Å². The van der Waals surface area contributed by atoms with E-state index in [0.717, 1.165) is 14.6 Å². The van der Waals surface area contributed by atoms with E-state index in [-0.39, 0.29) is 11.9 Å². The van der Waals surface area contributed by atoms with E-state index in [1.807, 2.05) is 13.0 Å². The molecule has 0 aliphatic carbocycles. The van der Waals surface area contributed by atoms with E-state index in [4.69, 9.17) is 4.74 Å². The molecule has 1 aromatic rings. The van der Waals surface area contributed by atoms with E-state index >= 15 is 0 Å². The van der Waals surface area contributed by atoms with E-state index < -0.39 is 0 Å². The van der Waals surface area contributed by atoms with Crippen LogP contribution in [0.15, 0.2) is 21.2 Å². The number of halogens is 2. The molecule has 1 aromatic heterocycles. The van der Waals surface area contributed by atoms with E-state index in [9.17, 15) is 4.79 Å². The van der Waals surface area contributed by atoms with Crippen LogP contribution in [0, 0.1) is 0 Å². The van der Waals surface area contributed by atoms with Crippen molar-refractivity contribution in [2.45, 2.75) is 19.5 Å². The first-order valence-electron chi connectivity index (χ1n) is 5.84. The second-order valence-electron chi connectivity index (χ2n) is 3.97. The predicted molar refractivity (Wildman–Crippen MR) is 80.8 cm³/mol. The quantitative estimate of drug-likeness (QED) is 0.692. The van der Waals surface area contributed by atoms with Crippen molar-refractivity contribution in [1.82, 2.24) is 15.6 Å². The fourth-order valence-corrected chi connectivity index (χ4v) is 2.47. The highest BCUT2D eigenvalue weighted by atomic mass is 79.9. The van der Waals surface area contributed by atoms with Crippen LogP contribution in [0.2, 0.25) is 0 Å². The minimum absolute atomic E-state index is 0.0507. The maximum Gasteiger partial charge on any atom is 0.236 e. The number of rotatable bonds is 7. The summed E-state index contributed by atoms with van der Waals surface area (Å²) >= 11 is 6.78. The Morgan fingerprint density at radius 2 is 2.26 bits per heavy atom. The fraction of sp³-hybridized carbons (Fsp3) is 0.500. The van der Waals surface area contributed by atoms with Crippen molar-refractivity contribution in [3.8, 4) is 0 Å². The van der Waals surface area contributed by atoms with Crippen molar-refractivity contribution in [3.05, 3.63) is 26.9 Å². The highest BCUT2D eigenvalue weighted by Crippen LogP contribution is 2.19. The first kappa shape index (κ1) is 16.6. The molecule has 0 aliphatic heterocycles. The number of nitrogens with zero attached hydrogens (tertiary/aromatic N) is 1. The lowest BCUT2D eigenvalue weighted by atomic mass is 10.3. The third kappa shape index (κ3) is 5.99. The van der Waals surface area contributed by atoms with E-state index in [0.29, 0.717) is 19.7 Å². The summed E-state index contributed by atoms with van der Waals surface area (Å²) < 4.78 is 6.69. The van der Waals surface area contributed by atoms with Gasteiger partial charge in [-0.15, -0.1) is 0 Å². The number of ether oxygens (including phenoxy) is 1. The Balaban J connectivity index is 2.40. The molecule has 1 heterocycles. The molecule has 106 valence electrons. The number of hydrogen-bond donors (Lipinski definition) is 2. The molecule has 0 aromatic carbocycles. The monoisotopic (exact) mass is 393 g/mol. The van der Waals surface area contributed by atoms with Crippen LogP contribution >= 0.6 is 31.9 Å². The molecule has 0 fully saturated rings. The largest absolute Gasteiger partial charge is 0.383 e. The highest BCUT2D eigenvalue weighted by molar-refractivity contribution is 9.11. The highest BCUT2D eigenvalue weighted by Gasteiger charge is 2.12. The number of hydrogen-bond acceptors (Lipinski definition) is 4. The maximum atomic E-state index is 11.7. The van der Waals surface area contributed by atoms with Crippen molar-refractivity contribution in [3.63, 3.8) is 0 Å². The van der Waals surface area contributed by atoms with Gasteiger partial charge in [0.15, 0.2) is 0 Å². The Hall–Kier alpha value is -0.500. The van der Waals surface area contributed by atoms with Crippen LogP contribution < -0.4 is 10.6 Å². The smallest absolute Gasteiger partial charge is 0.236 e. The van der Waals surface area contributed by atoms with Gasteiger partial charge in [0, 0.05) is 35.3 Å². The molecule has 1 atom stereocenters. The molecule has 0 radical (unpaired) electrons. The van der Waals surface area contributed by atoms with Crippen LogP contribution in [-0.4, -0.2) is 37.2 Å². The van der Waals surface area contributed by atoms with Crippen LogP contribution in [0.5, 0.6) is 0 Å². The standard InChI is InChI=1S/C12H17Br2N3O2/c1-8(12(18)15-3-4-19-2)16-7-11-10(14)5-9(13)6-17-11/h5-6,8,16H,3-4,7H2,1-2H3,(H,15,18). The van der Waals surface area contributed by atoms with Gasteiger partial charge in [0.25, 0.3) is 0 Å². The molecule has 19 heavy (non-hydrogen) atoms. The summed E-state index contributed by atoms with van der Waals surface area (Å²) in [7, 11) is 1.60. The summed E-state index contributed by atoms with van der Waals surface area (Å²) in [5.74, 6) is -0.0507. The Morgan fingerprint density at radius 3 is 2.89 bits per heavy atom. The molecular formula is C12H17Br2N3O2. The third-order valence-electron chi connectivity index (χ3n) is 2.46. The lowest BCUT2D eigenvalue weighted by molar-refractivity contribution is -0.122. The van der Waals surface area contributed by atoms with Crippen LogP contribution in [0.25, 0.3) is 0 Å². The van der Waals surface area contributed by atoms with Gasteiger partial charge >= 0.3 is 0 Å². The lowest BCUT2D eigenvalue weighted by Crippen LogP contribution is -2.42. The number of pyridine rings is 1. The van der Waals surface area contributed by atoms with Gasteiger partial charge < -0.3 is 15.4 Å². The second kappa shape index (κ2) is 8.63. The van der Waals surface area contributed by atoms with Gasteiger partial charge in [-0.1, -0.05) is 0 Å². The summed E-state index contributed by atoms with van der Waals surface area (Å²) in [5, 5.41) is 5.90. The molecule has 1 amide bonds. The van der Waals surface area contributed by atoms with Crippen molar-refractivity contribution in [2.75, 3.05) is 20.3 Å².